The van der Waals surface area contributed by atoms with Gasteiger partial charge in [0.25, 0.3) is 0 Å². The third kappa shape index (κ3) is 6.25. The van der Waals surface area contributed by atoms with Crippen molar-refractivity contribution in [2.24, 2.45) is 10.8 Å². The second-order valence-electron chi connectivity index (χ2n) is 15.0. The lowest BCUT2D eigenvalue weighted by atomic mass is 9.59. The van der Waals surface area contributed by atoms with E-state index < -0.39 is 10.8 Å². The maximum absolute atomic E-state index is 14.3. The van der Waals surface area contributed by atoms with Gasteiger partial charge in [0.15, 0.2) is 4.90 Å². The fraction of sp³-hybridized carbons (Fsp3) is 0.684. The Morgan fingerprint density at radius 2 is 1.57 bits per heavy atom. The van der Waals surface area contributed by atoms with Gasteiger partial charge in [-0.3, -0.25) is 4.90 Å². The molecule has 1 spiro atoms. The number of piperazine rings is 3. The molecule has 44 heavy (non-hydrogen) atoms. The molecular weight excluding hydrogens is 563 g/mol. The van der Waals surface area contributed by atoms with Crippen LogP contribution in [0.1, 0.15) is 95.1 Å². The second kappa shape index (κ2) is 13.5. The first-order valence-corrected chi connectivity index (χ1v) is 19.3. The molecule has 3 saturated heterocycles. The number of benzene rings is 2. The summed E-state index contributed by atoms with van der Waals surface area (Å²) < 4.78 is 22.0. The first-order chi connectivity index (χ1) is 21.3. The Balaban J connectivity index is 1.23. The standard InChI is InChI=1S/C38H58N3O2S/c1-5-7-17-37(18-8-6-2)30-44(42)35-16-13-32(39(3)4)29-34(35)36(38(37)19-20-38)31-11-14-33(15-12-31)43-28-10-9-24-41-25-21-40(22-26-41)23-27-41/h11-16,29,36H,5-10,17-28,30H2,1-4H3/q+1/p+1/t36-,44?/m1/s1. The molecule has 0 amide bonds. The lowest BCUT2D eigenvalue weighted by molar-refractivity contribution is -0.941. The zero-order valence-corrected chi connectivity index (χ0v) is 29.1. The summed E-state index contributed by atoms with van der Waals surface area (Å²) in [7, 11) is 2.80. The number of fused-ring (bicyclic) bond motifs is 4. The molecule has 1 unspecified atom stereocenters. The first-order valence-electron chi connectivity index (χ1n) is 17.9. The van der Waals surface area contributed by atoms with Crippen molar-refractivity contribution < 1.29 is 13.4 Å². The molecule has 2 bridgehead atoms. The summed E-state index contributed by atoms with van der Waals surface area (Å²) in [5.41, 5.74) is 4.24. The van der Waals surface area contributed by atoms with Crippen LogP contribution in [-0.2, 0) is 15.0 Å². The van der Waals surface area contributed by atoms with Crippen molar-refractivity contribution in [2.75, 3.05) is 77.2 Å². The van der Waals surface area contributed by atoms with Crippen LogP contribution in [0.3, 0.4) is 0 Å². The minimum absolute atomic E-state index is 0.135. The Morgan fingerprint density at radius 1 is 0.909 bits per heavy atom. The van der Waals surface area contributed by atoms with E-state index in [4.69, 9.17) is 4.74 Å². The van der Waals surface area contributed by atoms with E-state index in [1.54, 1.807) is 0 Å². The van der Waals surface area contributed by atoms with Crippen LogP contribution < -0.4 is 9.64 Å². The number of nitrogens with zero attached hydrogens (tertiary/aromatic N) is 3. The molecule has 5 nitrogen and oxygen atoms in total. The molecule has 0 aromatic heterocycles. The molecule has 5 aliphatic rings. The lowest BCUT2D eigenvalue weighted by Gasteiger charge is -2.50. The van der Waals surface area contributed by atoms with Crippen molar-refractivity contribution in [3.05, 3.63) is 53.6 Å². The maximum Gasteiger partial charge on any atom is 0.159 e. The maximum atomic E-state index is 14.3. The Bertz CT molecular complexity index is 1260. The van der Waals surface area contributed by atoms with Crippen molar-refractivity contribution in [1.29, 1.82) is 0 Å². The van der Waals surface area contributed by atoms with Gasteiger partial charge in [-0.15, -0.1) is 4.21 Å². The van der Waals surface area contributed by atoms with Gasteiger partial charge in [0.05, 0.1) is 32.8 Å². The van der Waals surface area contributed by atoms with Gasteiger partial charge in [-0.05, 0) is 79.8 Å². The van der Waals surface area contributed by atoms with Gasteiger partial charge < -0.3 is 14.1 Å². The summed E-state index contributed by atoms with van der Waals surface area (Å²) in [6.45, 7) is 14.6. The van der Waals surface area contributed by atoms with E-state index in [-0.39, 0.29) is 16.7 Å². The van der Waals surface area contributed by atoms with Crippen LogP contribution in [0.15, 0.2) is 47.4 Å². The van der Waals surface area contributed by atoms with Crippen LogP contribution >= 0.6 is 0 Å². The van der Waals surface area contributed by atoms with E-state index in [0.717, 1.165) is 29.4 Å². The predicted molar refractivity (Wildman–Crippen MR) is 186 cm³/mol. The van der Waals surface area contributed by atoms with Crippen molar-refractivity contribution in [3.63, 3.8) is 0 Å². The topological polar surface area (TPSA) is 32.8 Å². The van der Waals surface area contributed by atoms with Gasteiger partial charge in [-0.25, -0.2) is 0 Å². The minimum atomic E-state index is -1.44. The molecule has 7 rings (SSSR count). The highest BCUT2D eigenvalue weighted by atomic mass is 32.2. The van der Waals surface area contributed by atoms with Gasteiger partial charge in [-0.2, -0.15) is 0 Å². The number of hydrogen-bond acceptors (Lipinski definition) is 4. The van der Waals surface area contributed by atoms with Crippen LogP contribution in [0.4, 0.5) is 5.69 Å². The smallest absolute Gasteiger partial charge is 0.159 e. The first kappa shape index (κ1) is 32.1. The molecule has 0 radical (unpaired) electrons. The normalized spacial score (nSPS) is 28.0. The van der Waals surface area contributed by atoms with Crippen molar-refractivity contribution in [3.8, 4) is 5.75 Å². The average Bonchev–Trinajstić information content (AvgIpc) is 3.86. The summed E-state index contributed by atoms with van der Waals surface area (Å²) in [6.07, 6.45) is 12.1. The molecule has 0 N–H and O–H groups in total. The molecule has 1 saturated carbocycles. The van der Waals surface area contributed by atoms with Crippen LogP contribution in [0.25, 0.3) is 0 Å². The summed E-state index contributed by atoms with van der Waals surface area (Å²) in [6, 6.07) is 15.9. The third-order valence-electron chi connectivity index (χ3n) is 12.1. The Labute approximate surface area is 270 Å². The van der Waals surface area contributed by atoms with E-state index >= 15 is 0 Å². The quantitative estimate of drug-likeness (QED) is 0.0952. The van der Waals surface area contributed by atoms with E-state index in [9.17, 15) is 4.21 Å². The molecule has 6 heteroatoms. The number of ether oxygens (including phenoxy) is 1. The van der Waals surface area contributed by atoms with Gasteiger partial charge in [-0.1, -0.05) is 51.7 Å². The highest BCUT2D eigenvalue weighted by Crippen LogP contribution is 2.72. The molecular formula is C38H59N3O2S+2. The fourth-order valence-corrected chi connectivity index (χ4v) is 11.3. The number of quaternary nitrogens is 1. The number of hydrogen-bond donors (Lipinski definition) is 0. The predicted octanol–water partition coefficient (Wildman–Crippen LogP) is 7.41. The molecule has 4 heterocycles. The number of anilines is 1. The van der Waals surface area contributed by atoms with Crippen LogP contribution in [-0.4, -0.2) is 81.7 Å². The van der Waals surface area contributed by atoms with Crippen LogP contribution in [0.5, 0.6) is 5.75 Å². The fourth-order valence-electron chi connectivity index (χ4n) is 9.23. The van der Waals surface area contributed by atoms with Crippen molar-refractivity contribution in [2.45, 2.75) is 88.9 Å². The Kier molecular flexibility index (Phi) is 9.81. The summed E-state index contributed by atoms with van der Waals surface area (Å²) in [5, 5.41) is 0. The van der Waals surface area contributed by atoms with E-state index in [0.29, 0.717) is 0 Å². The summed E-state index contributed by atoms with van der Waals surface area (Å²) >= 11 is 0. The SMILES string of the molecule is CCCCC1(CCCC)C[SH+](=O)c2ccc(N(C)C)cc2[C@@H](c2ccc(OCCCC[N+]34CCN(CC3)CC4)cc2)C12CC2. The molecule has 242 valence electrons. The minimum Gasteiger partial charge on any atom is -0.494 e. The molecule has 1 aliphatic carbocycles. The van der Waals surface area contributed by atoms with Crippen molar-refractivity contribution in [1.82, 2.24) is 4.90 Å². The molecule has 4 aliphatic heterocycles. The van der Waals surface area contributed by atoms with Crippen LogP contribution in [0, 0.1) is 10.8 Å². The summed E-state index contributed by atoms with van der Waals surface area (Å²) in [4.78, 5) is 5.94. The molecule has 2 aromatic carbocycles. The average molecular weight is 622 g/mol. The zero-order valence-electron chi connectivity index (χ0n) is 28.2. The van der Waals surface area contributed by atoms with Gasteiger partial charge in [0.1, 0.15) is 22.3 Å². The largest absolute Gasteiger partial charge is 0.494 e. The molecule has 2 atom stereocenters. The van der Waals surface area contributed by atoms with Crippen LogP contribution in [0.2, 0.25) is 0 Å². The van der Waals surface area contributed by atoms with Gasteiger partial charge >= 0.3 is 0 Å². The Morgan fingerprint density at radius 3 is 2.16 bits per heavy atom. The van der Waals surface area contributed by atoms with Gasteiger partial charge in [0.2, 0.25) is 0 Å². The van der Waals surface area contributed by atoms with Crippen molar-refractivity contribution >= 4 is 16.5 Å². The highest BCUT2D eigenvalue weighted by Gasteiger charge is 2.66. The highest BCUT2D eigenvalue weighted by molar-refractivity contribution is 7.85. The number of thiol groups is 1. The molecule has 2 aromatic rings. The Hall–Kier alpha value is -1.89. The lowest BCUT2D eigenvalue weighted by Crippen LogP contribution is -2.67. The number of rotatable bonds is 14. The third-order valence-corrected chi connectivity index (χ3v) is 14.0. The summed E-state index contributed by atoms with van der Waals surface area (Å²) in [5.74, 6) is 2.12. The van der Waals surface area contributed by atoms with Gasteiger partial charge in [0, 0.05) is 56.3 Å². The second-order valence-corrected chi connectivity index (χ2v) is 16.5. The molecule has 4 fully saturated rings. The van der Waals surface area contributed by atoms with E-state index in [2.05, 4.69) is 80.2 Å². The monoisotopic (exact) mass is 621 g/mol. The van der Waals surface area contributed by atoms with E-state index in [1.165, 1.54) is 125 Å². The number of unbranched alkanes of at least 4 members (excludes halogenated alkanes) is 3. The zero-order chi connectivity index (χ0) is 30.8. The van der Waals surface area contributed by atoms with E-state index in [1.807, 2.05) is 0 Å².